The maximum Gasteiger partial charge on any atom is 0.377 e. The summed E-state index contributed by atoms with van der Waals surface area (Å²) in [6.45, 7) is 1.05. The van der Waals surface area contributed by atoms with Crippen molar-refractivity contribution in [2.24, 2.45) is 0 Å². The first-order chi connectivity index (χ1) is 6.00. The first-order valence-electron chi connectivity index (χ1n) is 3.77. The van der Waals surface area contributed by atoms with Gasteiger partial charge < -0.3 is 9.84 Å². The fourth-order valence-electron chi connectivity index (χ4n) is 0.524. The van der Waals surface area contributed by atoms with Crippen molar-refractivity contribution in [3.63, 3.8) is 0 Å². The molecule has 0 aliphatic rings. The number of alkyl halides is 2. The molecule has 0 bridgehead atoms. The Labute approximate surface area is 79.5 Å². The van der Waals surface area contributed by atoms with E-state index in [2.05, 4.69) is 4.74 Å². The number of carbonyl (C=O) groups is 1. The van der Waals surface area contributed by atoms with E-state index >= 15 is 0 Å². The maximum atomic E-state index is 12.3. The molecule has 1 N–H and O–H groups in total. The fraction of sp³-hybridized carbons (Fsp3) is 0.857. The van der Waals surface area contributed by atoms with Crippen molar-refractivity contribution in [1.29, 1.82) is 0 Å². The lowest BCUT2D eigenvalue weighted by Crippen LogP contribution is -2.33. The molecule has 6 heteroatoms. The average Bonchev–Trinajstić information content (AvgIpc) is 2.03. The normalized spacial score (nSPS) is 11.6. The topological polar surface area (TPSA) is 46.5 Å². The lowest BCUT2D eigenvalue weighted by Gasteiger charge is -2.10. The van der Waals surface area contributed by atoms with Crippen molar-refractivity contribution >= 4 is 17.7 Å². The van der Waals surface area contributed by atoms with Gasteiger partial charge in [-0.15, -0.1) is 0 Å². The molecule has 0 aromatic carbocycles. The summed E-state index contributed by atoms with van der Waals surface area (Å²) in [5.74, 6) is -4.42. The summed E-state index contributed by atoms with van der Waals surface area (Å²) in [7, 11) is 0. The molecule has 0 saturated carbocycles. The van der Waals surface area contributed by atoms with E-state index in [9.17, 15) is 13.6 Å². The second-order valence-electron chi connectivity index (χ2n) is 2.26. The maximum absolute atomic E-state index is 12.3. The van der Waals surface area contributed by atoms with Crippen LogP contribution in [-0.2, 0) is 9.53 Å². The minimum atomic E-state index is -3.77. The van der Waals surface area contributed by atoms with E-state index in [0.29, 0.717) is 5.75 Å². The zero-order valence-electron chi connectivity index (χ0n) is 7.26. The van der Waals surface area contributed by atoms with Gasteiger partial charge >= 0.3 is 11.9 Å². The van der Waals surface area contributed by atoms with E-state index in [1.54, 1.807) is 11.8 Å². The molecule has 0 spiro atoms. The third-order valence-corrected chi connectivity index (χ3v) is 2.04. The summed E-state index contributed by atoms with van der Waals surface area (Å²) in [6, 6.07) is 0. The number of hydrogen-bond acceptors (Lipinski definition) is 3. The highest BCUT2D eigenvalue weighted by Crippen LogP contribution is 2.13. The Hall–Kier alpha value is -0.360. The molecular weight excluding hydrogens is 202 g/mol. The van der Waals surface area contributed by atoms with Gasteiger partial charge in [0.1, 0.15) is 6.61 Å². The largest absolute Gasteiger partial charge is 0.477 e. The van der Waals surface area contributed by atoms with Crippen LogP contribution in [0.5, 0.6) is 0 Å². The molecular formula is C7H12F2O3S. The van der Waals surface area contributed by atoms with E-state index < -0.39 is 18.5 Å². The zero-order chi connectivity index (χ0) is 10.3. The number of aliphatic carboxylic acids is 1. The molecule has 13 heavy (non-hydrogen) atoms. The SMILES string of the molecule is CCSCCOCC(F)(F)C(=O)O. The predicted octanol–water partition coefficient (Wildman–Crippen LogP) is 1.48. The lowest BCUT2D eigenvalue weighted by molar-refractivity contribution is -0.173. The van der Waals surface area contributed by atoms with Gasteiger partial charge in [-0.05, 0) is 5.75 Å². The van der Waals surface area contributed by atoms with Crippen molar-refractivity contribution < 1.29 is 23.4 Å². The van der Waals surface area contributed by atoms with Gasteiger partial charge in [0.25, 0.3) is 0 Å². The Morgan fingerprint density at radius 3 is 2.69 bits per heavy atom. The monoisotopic (exact) mass is 214 g/mol. The van der Waals surface area contributed by atoms with Crippen LogP contribution in [0.4, 0.5) is 8.78 Å². The molecule has 78 valence electrons. The van der Waals surface area contributed by atoms with E-state index in [1.165, 1.54) is 0 Å². The molecule has 3 nitrogen and oxygen atoms in total. The Morgan fingerprint density at radius 2 is 2.23 bits per heavy atom. The van der Waals surface area contributed by atoms with E-state index in [-0.39, 0.29) is 6.61 Å². The second kappa shape index (κ2) is 6.15. The van der Waals surface area contributed by atoms with Gasteiger partial charge in [0.2, 0.25) is 0 Å². The summed E-state index contributed by atoms with van der Waals surface area (Å²) < 4.78 is 29.2. The lowest BCUT2D eigenvalue weighted by atomic mass is 10.4. The second-order valence-corrected chi connectivity index (χ2v) is 3.65. The van der Waals surface area contributed by atoms with Crippen LogP contribution in [0.2, 0.25) is 0 Å². The minimum absolute atomic E-state index is 0.154. The van der Waals surface area contributed by atoms with Crippen LogP contribution in [0.1, 0.15) is 6.92 Å². The molecule has 0 radical (unpaired) electrons. The highest BCUT2D eigenvalue weighted by atomic mass is 32.2. The van der Waals surface area contributed by atoms with Gasteiger partial charge in [0.05, 0.1) is 6.61 Å². The molecule has 0 aromatic heterocycles. The zero-order valence-corrected chi connectivity index (χ0v) is 8.07. The molecule has 0 saturated heterocycles. The third-order valence-electron chi connectivity index (χ3n) is 1.17. The number of rotatable bonds is 7. The summed E-state index contributed by atoms with van der Waals surface area (Å²) in [6.07, 6.45) is 0. The molecule has 0 aromatic rings. The van der Waals surface area contributed by atoms with Gasteiger partial charge in [-0.1, -0.05) is 6.92 Å². The number of hydrogen-bond donors (Lipinski definition) is 1. The van der Waals surface area contributed by atoms with E-state index in [1.807, 2.05) is 6.92 Å². The molecule has 0 aliphatic heterocycles. The first-order valence-corrected chi connectivity index (χ1v) is 4.93. The first kappa shape index (κ1) is 12.6. The van der Waals surface area contributed by atoms with E-state index in [0.717, 1.165) is 5.75 Å². The predicted molar refractivity (Wildman–Crippen MR) is 46.4 cm³/mol. The van der Waals surface area contributed by atoms with Gasteiger partial charge in [0, 0.05) is 5.75 Å². The minimum Gasteiger partial charge on any atom is -0.477 e. The average molecular weight is 214 g/mol. The van der Waals surface area contributed by atoms with Crippen molar-refractivity contribution in [2.75, 3.05) is 24.7 Å². The molecule has 0 amide bonds. The molecule has 0 fully saturated rings. The Kier molecular flexibility index (Phi) is 5.98. The van der Waals surface area contributed by atoms with Crippen LogP contribution < -0.4 is 0 Å². The van der Waals surface area contributed by atoms with Gasteiger partial charge in [0.15, 0.2) is 0 Å². The molecule has 0 aliphatic carbocycles. The number of carboxylic acids is 1. The highest BCUT2D eigenvalue weighted by molar-refractivity contribution is 7.99. The number of halogens is 2. The summed E-state index contributed by atoms with van der Waals surface area (Å²) in [5.41, 5.74) is 0. The summed E-state index contributed by atoms with van der Waals surface area (Å²) >= 11 is 1.55. The van der Waals surface area contributed by atoms with Crippen LogP contribution in [0.3, 0.4) is 0 Å². The molecule has 0 unspecified atom stereocenters. The van der Waals surface area contributed by atoms with Crippen LogP contribution in [0, 0.1) is 0 Å². The Morgan fingerprint density at radius 1 is 1.62 bits per heavy atom. The van der Waals surface area contributed by atoms with Crippen LogP contribution in [0.25, 0.3) is 0 Å². The van der Waals surface area contributed by atoms with Crippen molar-refractivity contribution in [3.8, 4) is 0 Å². The van der Waals surface area contributed by atoms with Crippen molar-refractivity contribution in [1.82, 2.24) is 0 Å². The summed E-state index contributed by atoms with van der Waals surface area (Å²) in [4.78, 5) is 9.91. The number of carboxylic acid groups (broad SMARTS) is 1. The molecule has 0 rings (SSSR count). The van der Waals surface area contributed by atoms with Crippen molar-refractivity contribution in [2.45, 2.75) is 12.8 Å². The standard InChI is InChI=1S/C7H12F2O3S/c1-2-13-4-3-12-5-7(8,9)6(10)11/h2-5H2,1H3,(H,10,11). The van der Waals surface area contributed by atoms with Gasteiger partial charge in [-0.25, -0.2) is 4.79 Å². The fourth-order valence-corrected chi connectivity index (χ4v) is 1.05. The Bertz CT molecular complexity index is 164. The van der Waals surface area contributed by atoms with E-state index in [4.69, 9.17) is 5.11 Å². The third kappa shape index (κ3) is 5.81. The van der Waals surface area contributed by atoms with Crippen LogP contribution in [-0.4, -0.2) is 41.7 Å². The summed E-state index contributed by atoms with van der Waals surface area (Å²) in [5, 5.41) is 8.01. The van der Waals surface area contributed by atoms with Crippen LogP contribution in [0.15, 0.2) is 0 Å². The van der Waals surface area contributed by atoms with Crippen LogP contribution >= 0.6 is 11.8 Å². The Balaban J connectivity index is 3.46. The number of ether oxygens (including phenoxy) is 1. The molecule has 0 heterocycles. The quantitative estimate of drug-likeness (QED) is 0.652. The smallest absolute Gasteiger partial charge is 0.377 e. The number of thioether (sulfide) groups is 1. The van der Waals surface area contributed by atoms with Gasteiger partial charge in [-0.3, -0.25) is 0 Å². The molecule has 0 atom stereocenters. The van der Waals surface area contributed by atoms with Gasteiger partial charge in [-0.2, -0.15) is 20.5 Å². The highest BCUT2D eigenvalue weighted by Gasteiger charge is 2.38. The van der Waals surface area contributed by atoms with Crippen molar-refractivity contribution in [3.05, 3.63) is 0 Å².